The maximum Gasteiger partial charge on any atom is 0.145 e. The van der Waals surface area contributed by atoms with Gasteiger partial charge in [0.15, 0.2) is 0 Å². The Morgan fingerprint density at radius 1 is 0.154 bits per heavy atom. The van der Waals surface area contributed by atoms with E-state index in [1.807, 2.05) is 73.7 Å². The van der Waals surface area contributed by atoms with E-state index in [1.165, 1.54) is 175 Å². The normalized spacial score (nSPS) is 11.4. The third kappa shape index (κ3) is 16.5. The summed E-state index contributed by atoms with van der Waals surface area (Å²) in [5, 5.41) is 19.6. The summed E-state index contributed by atoms with van der Waals surface area (Å²) in [6, 6.07) is 172. The Kier molecular flexibility index (Phi) is 22.6. The Morgan fingerprint density at radius 3 is 0.951 bits per heavy atom. The quantitative estimate of drug-likeness (QED) is 0.0944. The number of hydrogen-bond donors (Lipinski definition) is 0. The molecule has 0 saturated carbocycles. The Balaban J connectivity index is 0.000000114. The molecule has 8 nitrogen and oxygen atoms in total. The molecule has 0 bridgehead atoms. The average molecular weight is 1820 g/mol. The second-order valence-electron chi connectivity index (χ2n) is 36.2. The molecular formula is C135H88N8. The van der Waals surface area contributed by atoms with E-state index in [9.17, 15) is 0 Å². The van der Waals surface area contributed by atoms with E-state index >= 15 is 0 Å². The van der Waals surface area contributed by atoms with E-state index in [1.54, 1.807) is 12.4 Å². The lowest BCUT2D eigenvalue weighted by Crippen LogP contribution is -1.97. The maximum absolute atomic E-state index is 5.12. The van der Waals surface area contributed by atoms with Gasteiger partial charge in [0.25, 0.3) is 0 Å². The van der Waals surface area contributed by atoms with E-state index in [-0.39, 0.29) is 0 Å². The number of fused-ring (bicyclic) bond motifs is 9. The van der Waals surface area contributed by atoms with Crippen LogP contribution >= 0.6 is 0 Å². The summed E-state index contributed by atoms with van der Waals surface area (Å²) in [6.45, 7) is 0. The van der Waals surface area contributed by atoms with Gasteiger partial charge in [-0.1, -0.05) is 352 Å². The molecule has 143 heavy (non-hydrogen) atoms. The third-order valence-electron chi connectivity index (χ3n) is 27.7. The number of hydrogen-bond acceptors (Lipinski definition) is 7. The van der Waals surface area contributed by atoms with E-state index in [2.05, 4.69) is 473 Å². The first-order valence-corrected chi connectivity index (χ1v) is 48.4. The molecule has 27 aromatic rings. The van der Waals surface area contributed by atoms with Crippen molar-refractivity contribution in [3.8, 4) is 162 Å². The van der Waals surface area contributed by atoms with Gasteiger partial charge in [0.2, 0.25) is 0 Å². The number of aromatic nitrogens is 8. The number of rotatable bonds is 15. The number of imidazole rings is 1. The lowest BCUT2D eigenvalue weighted by Gasteiger charge is -2.19. The standard InChI is InChI=1S/C53H34N2.C42H28N2.C40H26N4/c1-2-16-44(17-3-1)55-50-21-11-10-20-49(50)54-53(55)38-26-22-37(23-27-38)41-30-31-47-48(34-41)52(43-29-25-36-13-5-7-15-40(36)33-43)46-19-9-8-18-45(46)51(47)42-28-24-35-12-4-6-14-39(35)32-42;1-2-8-29(9-3-1)34-16-17-39-40(28-34)42(36-13-7-11-33(27-36)31-20-24-44-25-21-31)38-15-5-4-14-37(38)41(39)35-12-6-10-32(26-35)30-18-22-43-23-19-30;1-2-9-27(10-3-1)28-15-18-34-35(23-28)40(31-17-20-38(44-26-31)37-14-6-7-22-42-37)33-13-5-4-12-32(33)39(34)30-16-19-36(43-25-30)29-11-8-21-41-24-29/h1-34H;1-28H;1-26H. The lowest BCUT2D eigenvalue weighted by atomic mass is 9.84. The molecule has 0 aliphatic rings. The van der Waals surface area contributed by atoms with Crippen LogP contribution in [0.15, 0.2) is 535 Å². The van der Waals surface area contributed by atoms with Crippen LogP contribution in [0.5, 0.6) is 0 Å². The molecule has 0 aliphatic heterocycles. The van der Waals surface area contributed by atoms with Gasteiger partial charge in [-0.3, -0.25) is 34.5 Å². The smallest absolute Gasteiger partial charge is 0.145 e. The molecule has 7 aromatic heterocycles. The summed E-state index contributed by atoms with van der Waals surface area (Å²) in [5.74, 6) is 0.933. The highest BCUT2D eigenvalue weighted by molar-refractivity contribution is 6.26. The summed E-state index contributed by atoms with van der Waals surface area (Å²) in [7, 11) is 0. The van der Waals surface area contributed by atoms with Crippen LogP contribution in [-0.4, -0.2) is 39.5 Å². The summed E-state index contributed by atoms with van der Waals surface area (Å²) in [4.78, 5) is 32.1. The minimum Gasteiger partial charge on any atom is -0.292 e. The van der Waals surface area contributed by atoms with E-state index in [0.717, 1.165) is 84.1 Å². The first kappa shape index (κ1) is 85.5. The van der Waals surface area contributed by atoms with Gasteiger partial charge in [0, 0.05) is 83.7 Å². The Labute approximate surface area is 828 Å². The topological polar surface area (TPSA) is 95.2 Å². The van der Waals surface area contributed by atoms with Crippen LogP contribution in [0, 0.1) is 0 Å². The van der Waals surface area contributed by atoms with Crippen molar-refractivity contribution in [2.75, 3.05) is 0 Å². The molecule has 0 unspecified atom stereocenters. The molecule has 7 heterocycles. The monoisotopic (exact) mass is 1820 g/mol. The SMILES string of the molecule is c1ccc(-c2ccc3c(-c4ccc(-c5cccnc5)nc4)c4ccccc4c(-c4ccc(-c5ccccn5)nc4)c3c2)cc1.c1ccc(-c2ccc3c(-c4cccc(-c5ccncc5)c4)c4ccccc4c(-c4cccc(-c5ccncc5)c4)c3c2)cc1.c1ccc(-n2c(-c3ccc(-c4ccc5c(-c6ccc7ccccc7c6)c6ccccc6c(-c6ccc7ccccc7c6)c5c4)cc3)nc3ccccc32)cc1. The third-order valence-corrected chi connectivity index (χ3v) is 27.7. The van der Waals surface area contributed by atoms with Crippen molar-refractivity contribution < 1.29 is 0 Å². The zero-order valence-corrected chi connectivity index (χ0v) is 77.9. The van der Waals surface area contributed by atoms with E-state index in [0.29, 0.717) is 0 Å². The highest BCUT2D eigenvalue weighted by Crippen LogP contribution is 2.51. The molecule has 0 saturated heterocycles. The molecule has 0 radical (unpaired) electrons. The van der Waals surface area contributed by atoms with Gasteiger partial charge in [-0.25, -0.2) is 4.98 Å². The molecule has 0 spiro atoms. The van der Waals surface area contributed by atoms with Crippen molar-refractivity contribution in [3.05, 3.63) is 535 Å². The van der Waals surface area contributed by atoms with Crippen molar-refractivity contribution in [2.24, 2.45) is 0 Å². The minimum absolute atomic E-state index is 0.851. The van der Waals surface area contributed by atoms with Crippen LogP contribution in [-0.2, 0) is 0 Å². The fraction of sp³-hybridized carbons (Fsp3) is 0. The van der Waals surface area contributed by atoms with Crippen molar-refractivity contribution in [1.29, 1.82) is 0 Å². The molecular weight excluding hydrogens is 1730 g/mol. The fourth-order valence-corrected chi connectivity index (χ4v) is 21.0. The highest BCUT2D eigenvalue weighted by atomic mass is 15.1. The van der Waals surface area contributed by atoms with Crippen LogP contribution in [0.2, 0.25) is 0 Å². The second-order valence-corrected chi connectivity index (χ2v) is 36.2. The number of benzene rings is 20. The number of pyridine rings is 6. The van der Waals surface area contributed by atoms with Crippen molar-refractivity contribution in [1.82, 2.24) is 39.5 Å². The minimum atomic E-state index is 0.851. The molecule has 0 atom stereocenters. The zero-order chi connectivity index (χ0) is 94.9. The van der Waals surface area contributed by atoms with Gasteiger partial charge in [0.1, 0.15) is 5.82 Å². The summed E-state index contributed by atoms with van der Waals surface area (Å²) in [6.07, 6.45) is 16.8. The van der Waals surface area contributed by atoms with E-state index < -0.39 is 0 Å². The van der Waals surface area contributed by atoms with Crippen molar-refractivity contribution in [3.63, 3.8) is 0 Å². The highest BCUT2D eigenvalue weighted by Gasteiger charge is 2.25. The predicted octanol–water partition coefficient (Wildman–Crippen LogP) is 35.3. The second kappa shape index (κ2) is 37.7. The van der Waals surface area contributed by atoms with Crippen LogP contribution in [0.3, 0.4) is 0 Å². The predicted molar refractivity (Wildman–Crippen MR) is 597 cm³/mol. The van der Waals surface area contributed by atoms with Gasteiger partial charge >= 0.3 is 0 Å². The fourth-order valence-electron chi connectivity index (χ4n) is 21.0. The van der Waals surface area contributed by atoms with Gasteiger partial charge in [-0.05, 0) is 325 Å². The Morgan fingerprint density at radius 2 is 0.490 bits per heavy atom. The molecule has 0 fully saturated rings. The summed E-state index contributed by atoms with van der Waals surface area (Å²) in [5.41, 5.74) is 34.0. The average Bonchev–Trinajstić information content (AvgIpc) is 1.12. The zero-order valence-electron chi connectivity index (χ0n) is 77.9. The lowest BCUT2D eigenvalue weighted by molar-refractivity contribution is 1.10. The van der Waals surface area contributed by atoms with Crippen LogP contribution in [0.4, 0.5) is 0 Å². The van der Waals surface area contributed by atoms with Gasteiger partial charge < -0.3 is 0 Å². The maximum atomic E-state index is 5.12. The Hall–Kier alpha value is -19.2. The van der Waals surface area contributed by atoms with Crippen LogP contribution in [0.25, 0.3) is 259 Å². The first-order chi connectivity index (χ1) is 70.9. The van der Waals surface area contributed by atoms with Gasteiger partial charge in [-0.15, -0.1) is 0 Å². The summed E-state index contributed by atoms with van der Waals surface area (Å²) < 4.78 is 2.26. The van der Waals surface area contributed by atoms with Crippen LogP contribution < -0.4 is 0 Å². The van der Waals surface area contributed by atoms with E-state index in [4.69, 9.17) is 15.0 Å². The first-order valence-electron chi connectivity index (χ1n) is 48.4. The number of para-hydroxylation sites is 3. The molecule has 0 amide bonds. The Bertz CT molecular complexity index is 9460. The largest absolute Gasteiger partial charge is 0.292 e. The molecule has 20 aromatic carbocycles. The molecule has 8 heteroatoms. The van der Waals surface area contributed by atoms with Gasteiger partial charge in [0.05, 0.1) is 28.1 Å². The molecule has 668 valence electrons. The van der Waals surface area contributed by atoms with Crippen molar-refractivity contribution in [2.45, 2.75) is 0 Å². The van der Waals surface area contributed by atoms with Gasteiger partial charge in [-0.2, -0.15) is 0 Å². The number of nitrogens with zero attached hydrogens (tertiary/aromatic N) is 8. The summed E-state index contributed by atoms with van der Waals surface area (Å²) >= 11 is 0. The molecule has 0 aliphatic carbocycles. The molecule has 27 rings (SSSR count). The van der Waals surface area contributed by atoms with Crippen molar-refractivity contribution >= 4 is 97.2 Å². The molecule has 0 N–H and O–H groups in total. The van der Waals surface area contributed by atoms with Crippen LogP contribution in [0.1, 0.15) is 0 Å².